The molecule has 7 nitrogen and oxygen atoms in total. The van der Waals surface area contributed by atoms with Crippen molar-refractivity contribution >= 4 is 23.1 Å². The fraction of sp³-hybridized carbons (Fsp3) is 0.690. The highest BCUT2D eigenvalue weighted by Gasteiger charge is 2.77. The molecule has 0 radical (unpaired) electrons. The lowest BCUT2D eigenvalue weighted by molar-refractivity contribution is -0.302. The summed E-state index contributed by atoms with van der Waals surface area (Å²) in [4.78, 5) is 33.0. The summed E-state index contributed by atoms with van der Waals surface area (Å²) in [6.07, 6.45) is 2.84. The Morgan fingerprint density at radius 3 is 2.57 bits per heavy atom. The number of thiazole rings is 1. The van der Waals surface area contributed by atoms with Crippen molar-refractivity contribution < 1.29 is 28.9 Å². The van der Waals surface area contributed by atoms with Gasteiger partial charge in [0, 0.05) is 5.92 Å². The molecule has 8 atom stereocenters. The van der Waals surface area contributed by atoms with Crippen LogP contribution < -0.4 is 0 Å². The van der Waals surface area contributed by atoms with Crippen molar-refractivity contribution in [2.45, 2.75) is 85.4 Å². The van der Waals surface area contributed by atoms with Crippen LogP contribution in [0, 0.1) is 48.3 Å². The molecule has 1 N–H and O–H groups in total. The highest BCUT2D eigenvalue weighted by atomic mass is 32.1. The van der Waals surface area contributed by atoms with Crippen LogP contribution in [0.3, 0.4) is 0 Å². The maximum Gasteiger partial charge on any atom is 0.350 e. The van der Waals surface area contributed by atoms with Crippen LogP contribution in [-0.2, 0) is 19.0 Å². The van der Waals surface area contributed by atoms with Crippen molar-refractivity contribution in [1.29, 1.82) is 0 Å². The van der Waals surface area contributed by atoms with E-state index in [4.69, 9.17) is 14.2 Å². The number of carbonyl (C=O) groups excluding carboxylic acids is 2. The number of hydrogen-bond acceptors (Lipinski definition) is 8. The topological polar surface area (TPSA) is 95.0 Å². The average molecular weight is 528 g/mol. The maximum absolute atomic E-state index is 14.7. The van der Waals surface area contributed by atoms with Gasteiger partial charge in [0.25, 0.3) is 0 Å². The molecule has 1 aromatic rings. The minimum atomic E-state index is -1.81. The van der Waals surface area contributed by atoms with E-state index < -0.39 is 35.0 Å². The summed E-state index contributed by atoms with van der Waals surface area (Å²) in [6.45, 7) is 15.9. The molecule has 4 aliphatic carbocycles. The number of rotatable bonds is 2. The SMILES string of the molecule is CC1=C[C@]23C(=O)[C@@H](C=C4COC(C)(C)O[C@H]4[C@]2(O)[C@H]1OC(=O)c1sc(C)nc1C)[C@H]1[C@@H](C[C@H]3C)C1(C)C. The summed E-state index contributed by atoms with van der Waals surface area (Å²) in [5.41, 5.74) is -0.972. The molecular weight excluding hydrogens is 490 g/mol. The number of carbonyl (C=O) groups is 2. The van der Waals surface area contributed by atoms with E-state index in [1.54, 1.807) is 6.92 Å². The number of esters is 1. The zero-order chi connectivity index (χ0) is 26.9. The van der Waals surface area contributed by atoms with Gasteiger partial charge in [-0.1, -0.05) is 32.9 Å². The van der Waals surface area contributed by atoms with Crippen molar-refractivity contribution in [2.24, 2.45) is 34.5 Å². The van der Waals surface area contributed by atoms with Crippen molar-refractivity contribution in [2.75, 3.05) is 6.61 Å². The third kappa shape index (κ3) is 3.19. The monoisotopic (exact) mass is 527 g/mol. The summed E-state index contributed by atoms with van der Waals surface area (Å²) in [5.74, 6) is -1.45. The molecule has 0 amide bonds. The van der Waals surface area contributed by atoms with Crippen LogP contribution in [0.1, 0.15) is 68.3 Å². The number of hydrogen-bond donors (Lipinski definition) is 1. The first-order valence-corrected chi connectivity index (χ1v) is 14.1. The predicted molar refractivity (Wildman–Crippen MR) is 138 cm³/mol. The Kier molecular flexibility index (Phi) is 5.23. The number of aliphatic hydroxyl groups is 1. The van der Waals surface area contributed by atoms with E-state index in [9.17, 15) is 14.7 Å². The lowest BCUT2D eigenvalue weighted by Crippen LogP contribution is -2.68. The summed E-state index contributed by atoms with van der Waals surface area (Å²) in [5, 5.41) is 13.8. The van der Waals surface area contributed by atoms with Crippen LogP contribution in [0.4, 0.5) is 0 Å². The van der Waals surface area contributed by atoms with Gasteiger partial charge in [-0.05, 0) is 75.4 Å². The van der Waals surface area contributed by atoms with Crippen LogP contribution in [0.5, 0.6) is 0 Å². The number of ether oxygens (including phenoxy) is 3. The molecule has 1 aromatic heterocycles. The van der Waals surface area contributed by atoms with Crippen molar-refractivity contribution in [1.82, 2.24) is 4.98 Å². The Balaban J connectivity index is 1.52. The molecular formula is C29H37NO6S. The van der Waals surface area contributed by atoms with Crippen LogP contribution >= 0.6 is 11.3 Å². The second-order valence-corrected chi connectivity index (χ2v) is 14.1. The van der Waals surface area contributed by atoms with E-state index in [1.165, 1.54) is 11.3 Å². The molecule has 3 fully saturated rings. The molecule has 8 heteroatoms. The smallest absolute Gasteiger partial charge is 0.350 e. The first kappa shape index (κ1) is 25.4. The lowest BCUT2D eigenvalue weighted by atomic mass is 9.59. The van der Waals surface area contributed by atoms with Gasteiger partial charge in [-0.3, -0.25) is 4.79 Å². The molecule has 6 rings (SSSR count). The Labute approximate surface area is 222 Å². The molecule has 0 aromatic carbocycles. The van der Waals surface area contributed by atoms with Crippen LogP contribution in [-0.4, -0.2) is 52.0 Å². The minimum absolute atomic E-state index is 0.00611. The highest BCUT2D eigenvalue weighted by molar-refractivity contribution is 7.13. The number of aryl methyl sites for hydroxylation is 2. The summed E-state index contributed by atoms with van der Waals surface area (Å²) in [7, 11) is 0. The second kappa shape index (κ2) is 7.62. The molecule has 1 spiro atoms. The van der Waals surface area contributed by atoms with E-state index >= 15 is 0 Å². The maximum atomic E-state index is 14.7. The van der Waals surface area contributed by atoms with Gasteiger partial charge in [0.05, 0.1) is 22.7 Å². The number of allylic oxidation sites excluding steroid dienone is 1. The Bertz CT molecular complexity index is 1270. The standard InChI is InChI=1S/C29H37NO6S/c1-13-11-28-14(2)9-19-20(26(19,5)6)18(22(28)31)10-17-12-34-27(7,8)36-24(17)29(28,33)23(13)35-25(32)21-15(3)30-16(4)37-21/h10-11,14,18-20,23-24,33H,9,12H2,1-8H3/t14-,18+,19-,20+,23+,24-,28+,29-/m1/s1. The lowest BCUT2D eigenvalue weighted by Gasteiger charge is -2.52. The third-order valence-corrected chi connectivity index (χ3v) is 11.0. The number of ketones is 1. The van der Waals surface area contributed by atoms with Crippen molar-refractivity contribution in [3.8, 4) is 0 Å². The normalized spacial score (nSPS) is 42.9. The van der Waals surface area contributed by atoms with Gasteiger partial charge < -0.3 is 19.3 Å². The predicted octanol–water partition coefficient (Wildman–Crippen LogP) is 4.55. The average Bonchev–Trinajstić information content (AvgIpc) is 3.08. The van der Waals surface area contributed by atoms with Crippen LogP contribution in [0.15, 0.2) is 23.3 Å². The first-order valence-electron chi connectivity index (χ1n) is 13.3. The summed E-state index contributed by atoms with van der Waals surface area (Å²) < 4.78 is 18.7. The van der Waals surface area contributed by atoms with E-state index in [0.717, 1.165) is 17.0 Å². The van der Waals surface area contributed by atoms with E-state index in [-0.39, 0.29) is 35.6 Å². The largest absolute Gasteiger partial charge is 0.450 e. The molecule has 2 bridgehead atoms. The van der Waals surface area contributed by atoms with Gasteiger partial charge in [0.2, 0.25) is 0 Å². The van der Waals surface area contributed by atoms with Crippen LogP contribution in [0.25, 0.3) is 0 Å². The molecule has 0 unspecified atom stereocenters. The second-order valence-electron chi connectivity index (χ2n) is 12.9. The number of aromatic nitrogens is 1. The van der Waals surface area contributed by atoms with Gasteiger partial charge in [-0.25, -0.2) is 9.78 Å². The Hall–Kier alpha value is -1.87. The van der Waals surface area contributed by atoms with E-state index in [0.29, 0.717) is 22.1 Å². The van der Waals surface area contributed by atoms with Crippen molar-refractivity contribution in [3.63, 3.8) is 0 Å². The van der Waals surface area contributed by atoms with Crippen molar-refractivity contribution in [3.05, 3.63) is 38.9 Å². The van der Waals surface area contributed by atoms with Gasteiger partial charge >= 0.3 is 5.97 Å². The summed E-state index contributed by atoms with van der Waals surface area (Å²) >= 11 is 1.27. The van der Waals surface area contributed by atoms with Gasteiger partial charge in [-0.2, -0.15) is 0 Å². The van der Waals surface area contributed by atoms with Gasteiger partial charge in [-0.15, -0.1) is 11.3 Å². The number of fused-ring (bicyclic) bond motifs is 5. The van der Waals surface area contributed by atoms with Crippen LogP contribution in [0.2, 0.25) is 0 Å². The van der Waals surface area contributed by atoms with E-state index in [2.05, 4.69) is 25.8 Å². The molecule has 2 saturated carbocycles. The zero-order valence-corrected chi connectivity index (χ0v) is 23.7. The van der Waals surface area contributed by atoms with E-state index in [1.807, 2.05) is 39.8 Å². The number of Topliss-reactive ketones (excluding diaryl/α,β-unsaturated/α-hetero) is 1. The molecule has 200 valence electrons. The first-order chi connectivity index (χ1) is 17.1. The minimum Gasteiger partial charge on any atom is -0.450 e. The fourth-order valence-corrected chi connectivity index (χ4v) is 8.98. The quantitative estimate of drug-likeness (QED) is 0.445. The fourth-order valence-electron chi connectivity index (χ4n) is 8.18. The molecule has 37 heavy (non-hydrogen) atoms. The highest BCUT2D eigenvalue weighted by Crippen LogP contribution is 2.72. The third-order valence-electron chi connectivity index (χ3n) is 9.98. The summed E-state index contributed by atoms with van der Waals surface area (Å²) in [6, 6.07) is 0. The molecule has 1 saturated heterocycles. The number of nitrogens with zero attached hydrogens (tertiary/aromatic N) is 1. The Morgan fingerprint density at radius 2 is 1.92 bits per heavy atom. The van der Waals surface area contributed by atoms with Gasteiger partial charge in [0.1, 0.15) is 11.0 Å². The van der Waals surface area contributed by atoms with Gasteiger partial charge in [0.15, 0.2) is 23.3 Å². The molecule has 1 aliphatic heterocycles. The Morgan fingerprint density at radius 1 is 1.22 bits per heavy atom. The molecule has 2 heterocycles. The molecule has 5 aliphatic rings. The zero-order valence-electron chi connectivity index (χ0n) is 22.9.